The summed E-state index contributed by atoms with van der Waals surface area (Å²) < 4.78 is 20.4. The van der Waals surface area contributed by atoms with Gasteiger partial charge in [-0.05, 0) is 24.3 Å². The molecule has 3 aromatic rings. The Hall–Kier alpha value is -2.28. The third-order valence-electron chi connectivity index (χ3n) is 2.93. The Morgan fingerprint density at radius 3 is 2.90 bits per heavy atom. The van der Waals surface area contributed by atoms with E-state index in [0.29, 0.717) is 11.1 Å². The Morgan fingerprint density at radius 1 is 1.38 bits per heavy atom. The normalized spacial score (nSPS) is 10.8. The zero-order valence-electron chi connectivity index (χ0n) is 10.9. The lowest BCUT2D eigenvalue weighted by Crippen LogP contribution is -2.10. The number of esters is 1. The number of methoxy groups -OCH3 is 1. The van der Waals surface area contributed by atoms with Gasteiger partial charge in [0, 0.05) is 4.47 Å². The van der Waals surface area contributed by atoms with Gasteiger partial charge >= 0.3 is 5.97 Å². The maximum absolute atomic E-state index is 13.4. The van der Waals surface area contributed by atoms with Crippen molar-refractivity contribution in [3.8, 4) is 5.69 Å². The number of hydrogen-bond donors (Lipinski definition) is 0. The molecule has 0 fully saturated rings. The van der Waals surface area contributed by atoms with E-state index in [-0.39, 0.29) is 11.3 Å². The molecule has 7 heteroatoms. The van der Waals surface area contributed by atoms with E-state index in [9.17, 15) is 9.18 Å². The highest BCUT2D eigenvalue weighted by Crippen LogP contribution is 2.23. The fourth-order valence-corrected chi connectivity index (χ4v) is 2.42. The molecule has 5 nitrogen and oxygen atoms in total. The first-order valence-corrected chi connectivity index (χ1v) is 6.78. The van der Waals surface area contributed by atoms with Crippen LogP contribution in [0.2, 0.25) is 0 Å². The second kappa shape index (κ2) is 5.25. The van der Waals surface area contributed by atoms with Crippen LogP contribution in [0.4, 0.5) is 4.39 Å². The van der Waals surface area contributed by atoms with Crippen LogP contribution in [0, 0.1) is 5.82 Å². The zero-order chi connectivity index (χ0) is 15.0. The molecule has 0 N–H and O–H groups in total. The minimum absolute atomic E-state index is 0.137. The fourth-order valence-electron chi connectivity index (χ4n) is 2.03. The second-order valence-corrected chi connectivity index (χ2v) is 5.17. The third kappa shape index (κ3) is 2.40. The molecule has 0 aliphatic heterocycles. The van der Waals surface area contributed by atoms with Crippen molar-refractivity contribution in [3.63, 3.8) is 0 Å². The summed E-state index contributed by atoms with van der Waals surface area (Å²) in [5, 5.41) is 4.56. The Balaban J connectivity index is 2.34. The van der Waals surface area contributed by atoms with Gasteiger partial charge < -0.3 is 4.74 Å². The molecule has 0 aliphatic rings. The highest BCUT2D eigenvalue weighted by Gasteiger charge is 2.21. The molecule has 1 aromatic carbocycles. The quantitative estimate of drug-likeness (QED) is 0.667. The highest BCUT2D eigenvalue weighted by atomic mass is 79.9. The van der Waals surface area contributed by atoms with E-state index in [2.05, 4.69) is 26.0 Å². The van der Waals surface area contributed by atoms with Gasteiger partial charge in [0.05, 0.1) is 24.4 Å². The Bertz CT molecular complexity index is 847. The van der Waals surface area contributed by atoms with Crippen LogP contribution in [0.1, 0.15) is 10.5 Å². The summed E-state index contributed by atoms with van der Waals surface area (Å²) in [7, 11) is 1.26. The Morgan fingerprint density at radius 2 is 2.19 bits per heavy atom. The number of benzene rings is 1. The average molecular weight is 350 g/mol. The van der Waals surface area contributed by atoms with Gasteiger partial charge in [-0.25, -0.2) is 18.9 Å². The molecule has 2 aromatic heterocycles. The SMILES string of the molecule is COC(=O)c1c2cc(F)cnc2nn1-c1cccc(Br)c1. The summed E-state index contributed by atoms with van der Waals surface area (Å²) in [6.45, 7) is 0. The standard InChI is InChI=1S/C14H9BrFN3O2/c1-21-14(20)12-11-6-9(16)7-17-13(11)18-19(12)10-4-2-3-8(15)5-10/h2-7H,1H3. The van der Waals surface area contributed by atoms with Crippen molar-refractivity contribution in [2.24, 2.45) is 0 Å². The second-order valence-electron chi connectivity index (χ2n) is 4.26. The first-order valence-electron chi connectivity index (χ1n) is 5.98. The summed E-state index contributed by atoms with van der Waals surface area (Å²) in [5.74, 6) is -1.15. The van der Waals surface area contributed by atoms with Crippen molar-refractivity contribution in [2.75, 3.05) is 7.11 Å². The summed E-state index contributed by atoms with van der Waals surface area (Å²) in [6, 6.07) is 8.44. The smallest absolute Gasteiger partial charge is 0.357 e. The van der Waals surface area contributed by atoms with Crippen molar-refractivity contribution in [3.05, 3.63) is 52.5 Å². The van der Waals surface area contributed by atoms with Crippen LogP contribution in [-0.2, 0) is 4.74 Å². The van der Waals surface area contributed by atoms with Gasteiger partial charge in [-0.1, -0.05) is 22.0 Å². The predicted octanol–water partition coefficient (Wildman–Crippen LogP) is 3.11. The lowest BCUT2D eigenvalue weighted by Gasteiger charge is -2.06. The number of aromatic nitrogens is 3. The van der Waals surface area contributed by atoms with Gasteiger partial charge in [0.25, 0.3) is 0 Å². The van der Waals surface area contributed by atoms with Crippen molar-refractivity contribution < 1.29 is 13.9 Å². The molecule has 0 unspecified atom stereocenters. The summed E-state index contributed by atoms with van der Waals surface area (Å²) in [4.78, 5) is 15.9. The average Bonchev–Trinajstić information content (AvgIpc) is 2.85. The number of ether oxygens (including phenoxy) is 1. The van der Waals surface area contributed by atoms with Crippen LogP contribution in [0.25, 0.3) is 16.7 Å². The molecular formula is C14H9BrFN3O2. The number of halogens is 2. The number of fused-ring (bicyclic) bond motifs is 1. The molecular weight excluding hydrogens is 341 g/mol. The molecule has 0 saturated carbocycles. The molecule has 0 radical (unpaired) electrons. The molecule has 21 heavy (non-hydrogen) atoms. The maximum atomic E-state index is 13.4. The molecule has 0 bridgehead atoms. The first-order chi connectivity index (χ1) is 10.1. The van der Waals surface area contributed by atoms with Crippen molar-refractivity contribution in [1.82, 2.24) is 14.8 Å². The molecule has 0 amide bonds. The number of pyridine rings is 1. The minimum Gasteiger partial charge on any atom is -0.464 e. The molecule has 0 spiro atoms. The van der Waals surface area contributed by atoms with Crippen molar-refractivity contribution in [2.45, 2.75) is 0 Å². The summed E-state index contributed by atoms with van der Waals surface area (Å²) in [5.41, 5.74) is 1.05. The maximum Gasteiger partial charge on any atom is 0.357 e. The Labute approximate surface area is 127 Å². The zero-order valence-corrected chi connectivity index (χ0v) is 12.5. The van der Waals surface area contributed by atoms with Crippen molar-refractivity contribution in [1.29, 1.82) is 0 Å². The molecule has 2 heterocycles. The van der Waals surface area contributed by atoms with Crippen LogP contribution in [0.15, 0.2) is 41.0 Å². The van der Waals surface area contributed by atoms with Gasteiger partial charge in [0.15, 0.2) is 11.3 Å². The van der Waals surface area contributed by atoms with Crippen LogP contribution in [0.3, 0.4) is 0 Å². The molecule has 0 atom stereocenters. The molecule has 3 rings (SSSR count). The molecule has 0 aliphatic carbocycles. The molecule has 106 valence electrons. The largest absolute Gasteiger partial charge is 0.464 e. The van der Waals surface area contributed by atoms with E-state index in [4.69, 9.17) is 4.74 Å². The summed E-state index contributed by atoms with van der Waals surface area (Å²) in [6.07, 6.45) is 1.06. The number of carbonyl (C=O) groups is 1. The van der Waals surface area contributed by atoms with E-state index in [1.807, 2.05) is 6.07 Å². The van der Waals surface area contributed by atoms with E-state index in [1.165, 1.54) is 17.9 Å². The third-order valence-corrected chi connectivity index (χ3v) is 3.42. The van der Waals surface area contributed by atoms with Gasteiger partial charge in [-0.15, -0.1) is 5.10 Å². The number of nitrogens with zero attached hydrogens (tertiary/aromatic N) is 3. The van der Waals surface area contributed by atoms with Gasteiger partial charge in [0.1, 0.15) is 5.82 Å². The topological polar surface area (TPSA) is 57.0 Å². The highest BCUT2D eigenvalue weighted by molar-refractivity contribution is 9.10. The minimum atomic E-state index is -0.607. The van der Waals surface area contributed by atoms with Gasteiger partial charge in [-0.2, -0.15) is 0 Å². The molecule has 0 saturated heterocycles. The number of carbonyl (C=O) groups excluding carboxylic acids is 1. The van der Waals surface area contributed by atoms with Crippen molar-refractivity contribution >= 4 is 32.9 Å². The van der Waals surface area contributed by atoms with E-state index < -0.39 is 11.8 Å². The predicted molar refractivity (Wildman–Crippen MR) is 77.9 cm³/mol. The van der Waals surface area contributed by atoms with Crippen LogP contribution in [0.5, 0.6) is 0 Å². The number of hydrogen-bond acceptors (Lipinski definition) is 4. The lowest BCUT2D eigenvalue weighted by atomic mass is 10.2. The van der Waals surface area contributed by atoms with Gasteiger partial charge in [-0.3, -0.25) is 0 Å². The Kier molecular flexibility index (Phi) is 3.42. The number of rotatable bonds is 2. The van der Waals surface area contributed by atoms with Gasteiger partial charge in [0.2, 0.25) is 0 Å². The van der Waals surface area contributed by atoms with Crippen LogP contribution >= 0.6 is 15.9 Å². The first kappa shape index (κ1) is 13.7. The fraction of sp³-hybridized carbons (Fsp3) is 0.0714. The monoisotopic (exact) mass is 349 g/mol. The van der Waals surface area contributed by atoms with E-state index in [1.54, 1.807) is 18.2 Å². The van der Waals surface area contributed by atoms with E-state index in [0.717, 1.165) is 10.7 Å². The van der Waals surface area contributed by atoms with Crippen LogP contribution in [-0.4, -0.2) is 27.8 Å². The van der Waals surface area contributed by atoms with Crippen LogP contribution < -0.4 is 0 Å². The lowest BCUT2D eigenvalue weighted by molar-refractivity contribution is 0.0592. The van der Waals surface area contributed by atoms with E-state index >= 15 is 0 Å². The summed E-state index contributed by atoms with van der Waals surface area (Å²) >= 11 is 3.36.